The fraction of sp³-hybridized carbons (Fsp3) is 0.533. The van der Waals surface area contributed by atoms with Gasteiger partial charge in [0.15, 0.2) is 6.29 Å². The number of hydrogen-bond donors (Lipinski definition) is 2. The molecule has 0 saturated carbocycles. The molecule has 0 aromatic heterocycles. The van der Waals surface area contributed by atoms with Gasteiger partial charge in [-0.2, -0.15) is 0 Å². The van der Waals surface area contributed by atoms with Crippen molar-refractivity contribution >= 4 is 11.9 Å². The van der Waals surface area contributed by atoms with Crippen LogP contribution in [0.25, 0.3) is 0 Å². The van der Waals surface area contributed by atoms with E-state index >= 15 is 0 Å². The second kappa shape index (κ2) is 17.0. The lowest BCUT2D eigenvalue weighted by Gasteiger charge is -2.46. The van der Waals surface area contributed by atoms with E-state index < -0.39 is 36.6 Å². The van der Waals surface area contributed by atoms with Gasteiger partial charge in [0.1, 0.15) is 31.0 Å². The SMILES string of the molecule is CC(=O)NC1C(OCCCCCCN)OC(COC(C)=O)C(OCc2ccccc2)C1OCc1ccccc1. The molecule has 2 aromatic carbocycles. The predicted octanol–water partition coefficient (Wildman–Crippen LogP) is 3.49. The molecule has 3 rings (SSSR count). The zero-order chi connectivity index (χ0) is 27.9. The van der Waals surface area contributed by atoms with Gasteiger partial charge in [-0.3, -0.25) is 9.59 Å². The summed E-state index contributed by atoms with van der Waals surface area (Å²) in [4.78, 5) is 24.0. The number of nitrogens with one attached hydrogen (secondary N) is 1. The summed E-state index contributed by atoms with van der Waals surface area (Å²) in [5.41, 5.74) is 7.54. The number of ether oxygens (including phenoxy) is 5. The standard InChI is InChI=1S/C30H42N2O7/c1-22(33)32-27-29(38-20-25-15-9-6-10-16-25)28(37-19-24-13-7-5-8-14-24)26(21-36-23(2)34)39-30(27)35-18-12-4-3-11-17-31/h5-10,13-16,26-30H,3-4,11-12,17-21,31H2,1-2H3,(H,32,33). The first-order chi connectivity index (χ1) is 19.0. The first-order valence-electron chi connectivity index (χ1n) is 13.7. The topological polar surface area (TPSA) is 118 Å². The molecule has 1 saturated heterocycles. The summed E-state index contributed by atoms with van der Waals surface area (Å²) < 4.78 is 30.7. The molecule has 1 aliphatic heterocycles. The highest BCUT2D eigenvalue weighted by Crippen LogP contribution is 2.29. The molecule has 1 amide bonds. The smallest absolute Gasteiger partial charge is 0.302 e. The number of unbranched alkanes of at least 4 members (excludes halogenated alkanes) is 3. The van der Waals surface area contributed by atoms with Crippen LogP contribution >= 0.6 is 0 Å². The largest absolute Gasteiger partial charge is 0.463 e. The summed E-state index contributed by atoms with van der Waals surface area (Å²) in [6.45, 7) is 4.44. The van der Waals surface area contributed by atoms with Crippen molar-refractivity contribution in [2.75, 3.05) is 19.8 Å². The van der Waals surface area contributed by atoms with Crippen LogP contribution in [0.1, 0.15) is 50.7 Å². The van der Waals surface area contributed by atoms with Gasteiger partial charge in [-0.25, -0.2) is 0 Å². The maximum atomic E-state index is 12.3. The summed E-state index contributed by atoms with van der Waals surface area (Å²) in [5.74, 6) is -0.669. The van der Waals surface area contributed by atoms with E-state index in [0.717, 1.165) is 36.8 Å². The predicted molar refractivity (Wildman–Crippen MR) is 146 cm³/mol. The van der Waals surface area contributed by atoms with E-state index in [9.17, 15) is 9.59 Å². The lowest BCUT2D eigenvalue weighted by molar-refractivity contribution is -0.289. The molecule has 39 heavy (non-hydrogen) atoms. The average molecular weight is 543 g/mol. The molecule has 3 N–H and O–H groups in total. The number of nitrogens with two attached hydrogens (primary N) is 1. The Morgan fingerprint density at radius 1 is 0.821 bits per heavy atom. The molecule has 5 unspecified atom stereocenters. The highest BCUT2D eigenvalue weighted by Gasteiger charge is 2.49. The van der Waals surface area contributed by atoms with Crippen molar-refractivity contribution in [3.63, 3.8) is 0 Å². The molecule has 1 fully saturated rings. The summed E-state index contributed by atoms with van der Waals surface area (Å²) in [6, 6.07) is 18.9. The molecule has 0 radical (unpaired) electrons. The maximum Gasteiger partial charge on any atom is 0.302 e. The van der Waals surface area contributed by atoms with Gasteiger partial charge in [-0.15, -0.1) is 0 Å². The second-order valence-corrected chi connectivity index (χ2v) is 9.67. The van der Waals surface area contributed by atoms with Crippen LogP contribution in [-0.2, 0) is 46.5 Å². The Balaban J connectivity index is 1.84. The van der Waals surface area contributed by atoms with Gasteiger partial charge in [0.2, 0.25) is 5.91 Å². The number of hydrogen-bond acceptors (Lipinski definition) is 8. The Bertz CT molecular complexity index is 976. The fourth-order valence-corrected chi connectivity index (χ4v) is 4.50. The van der Waals surface area contributed by atoms with Gasteiger partial charge in [0.05, 0.1) is 13.2 Å². The average Bonchev–Trinajstić information content (AvgIpc) is 2.93. The number of carbonyl (C=O) groups is 2. The van der Waals surface area contributed by atoms with Crippen LogP contribution in [0, 0.1) is 0 Å². The van der Waals surface area contributed by atoms with E-state index in [2.05, 4.69) is 5.32 Å². The quantitative estimate of drug-likeness (QED) is 0.245. The molecule has 1 heterocycles. The monoisotopic (exact) mass is 542 g/mol. The van der Waals surface area contributed by atoms with Gasteiger partial charge in [-0.05, 0) is 30.5 Å². The summed E-state index contributed by atoms with van der Waals surface area (Å²) >= 11 is 0. The minimum atomic E-state index is -0.818. The summed E-state index contributed by atoms with van der Waals surface area (Å²) in [6.07, 6.45) is 0.992. The summed E-state index contributed by atoms with van der Waals surface area (Å²) in [7, 11) is 0. The lowest BCUT2D eigenvalue weighted by Crippen LogP contribution is -2.66. The number of rotatable bonds is 16. The molecule has 0 bridgehead atoms. The van der Waals surface area contributed by atoms with Crippen molar-refractivity contribution in [3.8, 4) is 0 Å². The van der Waals surface area contributed by atoms with Crippen molar-refractivity contribution in [3.05, 3.63) is 71.8 Å². The Kier molecular flexibility index (Phi) is 13.4. The molecule has 1 aliphatic rings. The van der Waals surface area contributed by atoms with Crippen LogP contribution in [0.15, 0.2) is 60.7 Å². The molecule has 0 spiro atoms. The van der Waals surface area contributed by atoms with Gasteiger partial charge in [-0.1, -0.05) is 73.5 Å². The number of esters is 1. The van der Waals surface area contributed by atoms with E-state index in [-0.39, 0.29) is 19.1 Å². The molecule has 5 atom stereocenters. The van der Waals surface area contributed by atoms with Crippen molar-refractivity contribution in [1.29, 1.82) is 0 Å². The Hall–Kier alpha value is -2.82. The van der Waals surface area contributed by atoms with Crippen LogP contribution in [-0.4, -0.2) is 62.3 Å². The number of carbonyl (C=O) groups excluding carboxylic acids is 2. The van der Waals surface area contributed by atoms with Crippen LogP contribution in [0.4, 0.5) is 0 Å². The van der Waals surface area contributed by atoms with Gasteiger partial charge in [0, 0.05) is 20.5 Å². The van der Waals surface area contributed by atoms with Crippen molar-refractivity contribution < 1.29 is 33.3 Å². The molecule has 0 aliphatic carbocycles. The van der Waals surface area contributed by atoms with Crippen molar-refractivity contribution in [2.24, 2.45) is 5.73 Å². The van der Waals surface area contributed by atoms with E-state index in [1.54, 1.807) is 0 Å². The van der Waals surface area contributed by atoms with Gasteiger partial charge >= 0.3 is 5.97 Å². The molecular weight excluding hydrogens is 500 g/mol. The van der Waals surface area contributed by atoms with E-state index in [1.807, 2.05) is 60.7 Å². The maximum absolute atomic E-state index is 12.3. The Labute approximate surface area is 231 Å². The number of benzene rings is 2. The second-order valence-electron chi connectivity index (χ2n) is 9.67. The zero-order valence-electron chi connectivity index (χ0n) is 23.0. The van der Waals surface area contributed by atoms with Crippen LogP contribution in [0.2, 0.25) is 0 Å². The molecule has 2 aromatic rings. The first kappa shape index (κ1) is 30.7. The highest BCUT2D eigenvalue weighted by atomic mass is 16.7. The zero-order valence-corrected chi connectivity index (χ0v) is 23.0. The number of amides is 1. The van der Waals surface area contributed by atoms with E-state index in [0.29, 0.717) is 19.8 Å². The highest BCUT2D eigenvalue weighted by molar-refractivity contribution is 5.73. The Morgan fingerprint density at radius 3 is 1.97 bits per heavy atom. The van der Waals surface area contributed by atoms with Crippen molar-refractivity contribution in [1.82, 2.24) is 5.32 Å². The van der Waals surface area contributed by atoms with Crippen LogP contribution in [0.5, 0.6) is 0 Å². The minimum absolute atomic E-state index is 0.0386. The molecule has 9 nitrogen and oxygen atoms in total. The van der Waals surface area contributed by atoms with Crippen molar-refractivity contribution in [2.45, 2.75) is 83.4 Å². The van der Waals surface area contributed by atoms with Gasteiger partial charge in [0.25, 0.3) is 0 Å². The van der Waals surface area contributed by atoms with Crippen LogP contribution in [0.3, 0.4) is 0 Å². The van der Waals surface area contributed by atoms with E-state index in [4.69, 9.17) is 29.4 Å². The fourth-order valence-electron chi connectivity index (χ4n) is 4.50. The molecular formula is C30H42N2O7. The van der Waals surface area contributed by atoms with E-state index in [1.165, 1.54) is 13.8 Å². The Morgan fingerprint density at radius 2 is 1.41 bits per heavy atom. The molecule has 9 heteroatoms. The third-order valence-corrected chi connectivity index (χ3v) is 6.42. The first-order valence-corrected chi connectivity index (χ1v) is 13.7. The normalized spacial score (nSPS) is 22.8. The van der Waals surface area contributed by atoms with Crippen LogP contribution < -0.4 is 11.1 Å². The third-order valence-electron chi connectivity index (χ3n) is 6.42. The minimum Gasteiger partial charge on any atom is -0.463 e. The lowest BCUT2D eigenvalue weighted by atomic mass is 9.95. The molecule has 214 valence electrons. The third kappa shape index (κ3) is 10.7. The summed E-state index contributed by atoms with van der Waals surface area (Å²) in [5, 5.41) is 2.97. The van der Waals surface area contributed by atoms with Gasteiger partial charge < -0.3 is 34.7 Å².